The molecule has 0 aliphatic carbocycles. The van der Waals surface area contributed by atoms with Crippen molar-refractivity contribution in [3.8, 4) is 0 Å². The Morgan fingerprint density at radius 3 is 2.52 bits per heavy atom. The van der Waals surface area contributed by atoms with Gasteiger partial charge in [-0.2, -0.15) is 0 Å². The van der Waals surface area contributed by atoms with E-state index in [0.29, 0.717) is 6.54 Å². The molecule has 2 heterocycles. The molecule has 0 amide bonds. The Bertz CT molecular complexity index is 571. The summed E-state index contributed by atoms with van der Waals surface area (Å²) < 4.78 is 26.2. The normalized spacial score (nSPS) is 22.9. The molecule has 23 heavy (non-hydrogen) atoms. The standard InChI is InChI=1S/C17H23F2N3O/c1-2-14-10-15(23-20-14)12-22-7-5-21(6-8-22)11-13-3-4-16(18)17(19)9-13/h3-4,9,15H,2,5-8,10-12H2,1H3. The predicted molar refractivity (Wildman–Crippen MR) is 85.3 cm³/mol. The van der Waals surface area contributed by atoms with Gasteiger partial charge in [-0.3, -0.25) is 9.80 Å². The molecular formula is C17H23F2N3O. The highest BCUT2D eigenvalue weighted by Gasteiger charge is 2.25. The molecule has 1 aromatic rings. The molecule has 0 N–H and O–H groups in total. The lowest BCUT2D eigenvalue weighted by Crippen LogP contribution is -2.48. The zero-order valence-corrected chi connectivity index (χ0v) is 13.5. The average molecular weight is 323 g/mol. The minimum absolute atomic E-state index is 0.183. The van der Waals surface area contributed by atoms with Gasteiger partial charge in [-0.1, -0.05) is 18.1 Å². The second-order valence-electron chi connectivity index (χ2n) is 6.27. The predicted octanol–water partition coefficient (Wildman–Crippen LogP) is 2.64. The summed E-state index contributed by atoms with van der Waals surface area (Å²) in [4.78, 5) is 10.1. The molecule has 0 aromatic heterocycles. The van der Waals surface area contributed by atoms with E-state index in [1.165, 1.54) is 12.1 Å². The minimum atomic E-state index is -0.788. The highest BCUT2D eigenvalue weighted by atomic mass is 19.2. The summed E-state index contributed by atoms with van der Waals surface area (Å²) in [5.41, 5.74) is 1.96. The number of hydrogen-bond acceptors (Lipinski definition) is 4. The lowest BCUT2D eigenvalue weighted by atomic mass is 10.1. The maximum Gasteiger partial charge on any atom is 0.159 e. The number of nitrogens with zero attached hydrogens (tertiary/aromatic N) is 3. The molecule has 2 aliphatic rings. The fourth-order valence-corrected chi connectivity index (χ4v) is 3.11. The van der Waals surface area contributed by atoms with E-state index in [-0.39, 0.29) is 6.10 Å². The van der Waals surface area contributed by atoms with Gasteiger partial charge < -0.3 is 4.84 Å². The number of hydrogen-bond donors (Lipinski definition) is 0. The van der Waals surface area contributed by atoms with Gasteiger partial charge in [0, 0.05) is 45.7 Å². The first-order valence-corrected chi connectivity index (χ1v) is 8.24. The molecule has 2 aliphatic heterocycles. The van der Waals surface area contributed by atoms with Crippen LogP contribution >= 0.6 is 0 Å². The molecule has 3 rings (SSSR count). The summed E-state index contributed by atoms with van der Waals surface area (Å²) in [7, 11) is 0. The molecule has 0 saturated carbocycles. The number of rotatable bonds is 5. The largest absolute Gasteiger partial charge is 0.391 e. The van der Waals surface area contributed by atoms with Crippen LogP contribution < -0.4 is 0 Å². The lowest BCUT2D eigenvalue weighted by molar-refractivity contribution is 0.0338. The van der Waals surface area contributed by atoms with E-state index in [9.17, 15) is 8.78 Å². The third-order valence-corrected chi connectivity index (χ3v) is 4.52. The van der Waals surface area contributed by atoms with E-state index in [1.54, 1.807) is 6.07 Å². The van der Waals surface area contributed by atoms with Gasteiger partial charge >= 0.3 is 0 Å². The van der Waals surface area contributed by atoms with Crippen LogP contribution in [0.2, 0.25) is 0 Å². The summed E-state index contributed by atoms with van der Waals surface area (Å²) in [6.45, 7) is 7.44. The first-order chi connectivity index (χ1) is 11.1. The maximum absolute atomic E-state index is 13.3. The molecule has 0 bridgehead atoms. The van der Waals surface area contributed by atoms with Crippen LogP contribution in [0.4, 0.5) is 8.78 Å². The Balaban J connectivity index is 1.42. The van der Waals surface area contributed by atoms with Crippen molar-refractivity contribution in [2.75, 3.05) is 32.7 Å². The summed E-state index contributed by atoms with van der Waals surface area (Å²) in [5.74, 6) is -1.56. The first kappa shape index (κ1) is 16.3. The van der Waals surface area contributed by atoms with Gasteiger partial charge in [-0.05, 0) is 24.1 Å². The van der Waals surface area contributed by atoms with Crippen LogP contribution in [0.15, 0.2) is 23.4 Å². The molecular weight excluding hydrogens is 300 g/mol. The summed E-state index contributed by atoms with van der Waals surface area (Å²) in [6, 6.07) is 4.14. The average Bonchev–Trinajstić information content (AvgIpc) is 3.00. The van der Waals surface area contributed by atoms with Gasteiger partial charge in [0.25, 0.3) is 0 Å². The van der Waals surface area contributed by atoms with Crippen LogP contribution in [0.1, 0.15) is 25.3 Å². The molecule has 0 spiro atoms. The summed E-state index contributed by atoms with van der Waals surface area (Å²) in [6.07, 6.45) is 2.08. The van der Waals surface area contributed by atoms with Gasteiger partial charge in [0.05, 0.1) is 5.71 Å². The summed E-state index contributed by atoms with van der Waals surface area (Å²) >= 11 is 0. The van der Waals surface area contributed by atoms with Crippen LogP contribution in [0.3, 0.4) is 0 Å². The Morgan fingerprint density at radius 2 is 1.87 bits per heavy atom. The molecule has 126 valence electrons. The van der Waals surface area contributed by atoms with Crippen LogP contribution in [0.5, 0.6) is 0 Å². The molecule has 1 fully saturated rings. The van der Waals surface area contributed by atoms with E-state index >= 15 is 0 Å². The van der Waals surface area contributed by atoms with E-state index in [4.69, 9.17) is 4.84 Å². The fraction of sp³-hybridized carbons (Fsp3) is 0.588. The van der Waals surface area contributed by atoms with E-state index in [1.807, 2.05) is 0 Å². The second kappa shape index (κ2) is 7.36. The maximum atomic E-state index is 13.3. The van der Waals surface area contributed by atoms with Gasteiger partial charge in [0.15, 0.2) is 11.6 Å². The van der Waals surface area contributed by atoms with Gasteiger partial charge in [0.1, 0.15) is 6.10 Å². The first-order valence-electron chi connectivity index (χ1n) is 8.24. The third kappa shape index (κ3) is 4.26. The third-order valence-electron chi connectivity index (χ3n) is 4.52. The van der Waals surface area contributed by atoms with Crippen LogP contribution in [0, 0.1) is 11.6 Å². The highest BCUT2D eigenvalue weighted by Crippen LogP contribution is 2.16. The van der Waals surface area contributed by atoms with E-state index < -0.39 is 11.6 Å². The quantitative estimate of drug-likeness (QED) is 0.834. The molecule has 4 nitrogen and oxygen atoms in total. The lowest BCUT2D eigenvalue weighted by Gasteiger charge is -2.35. The van der Waals surface area contributed by atoms with Gasteiger partial charge in [-0.15, -0.1) is 0 Å². The second-order valence-corrected chi connectivity index (χ2v) is 6.27. The Hall–Kier alpha value is -1.53. The molecule has 1 saturated heterocycles. The molecule has 1 unspecified atom stereocenters. The van der Waals surface area contributed by atoms with Crippen molar-refractivity contribution in [3.63, 3.8) is 0 Å². The van der Waals surface area contributed by atoms with Crippen molar-refractivity contribution in [3.05, 3.63) is 35.4 Å². The Labute approximate surface area is 135 Å². The van der Waals surface area contributed by atoms with Crippen LogP contribution in [0.25, 0.3) is 0 Å². The van der Waals surface area contributed by atoms with Crippen molar-refractivity contribution < 1.29 is 13.6 Å². The van der Waals surface area contributed by atoms with Crippen molar-refractivity contribution in [2.24, 2.45) is 5.16 Å². The molecule has 1 aromatic carbocycles. The topological polar surface area (TPSA) is 28.1 Å². The van der Waals surface area contributed by atoms with E-state index in [0.717, 1.165) is 56.8 Å². The Kier molecular flexibility index (Phi) is 5.23. The Morgan fingerprint density at radius 1 is 1.13 bits per heavy atom. The molecule has 6 heteroatoms. The number of halogens is 2. The SMILES string of the molecule is CCC1=NOC(CN2CCN(Cc3ccc(F)c(F)c3)CC2)C1. The molecule has 1 atom stereocenters. The van der Waals surface area contributed by atoms with Crippen molar-refractivity contribution in [2.45, 2.75) is 32.4 Å². The minimum Gasteiger partial charge on any atom is -0.391 e. The van der Waals surface area contributed by atoms with Crippen molar-refractivity contribution >= 4 is 5.71 Å². The van der Waals surface area contributed by atoms with Crippen LogP contribution in [-0.4, -0.2) is 54.3 Å². The fourth-order valence-electron chi connectivity index (χ4n) is 3.11. The highest BCUT2D eigenvalue weighted by molar-refractivity contribution is 5.85. The van der Waals surface area contributed by atoms with Crippen molar-refractivity contribution in [1.29, 1.82) is 0 Å². The van der Waals surface area contributed by atoms with Crippen molar-refractivity contribution in [1.82, 2.24) is 9.80 Å². The van der Waals surface area contributed by atoms with Gasteiger partial charge in [0.2, 0.25) is 0 Å². The summed E-state index contributed by atoms with van der Waals surface area (Å²) in [5, 5.41) is 4.10. The number of piperazine rings is 1. The van der Waals surface area contributed by atoms with Gasteiger partial charge in [-0.25, -0.2) is 8.78 Å². The van der Waals surface area contributed by atoms with E-state index in [2.05, 4.69) is 21.9 Å². The zero-order chi connectivity index (χ0) is 16.2. The molecule has 0 radical (unpaired) electrons. The monoisotopic (exact) mass is 323 g/mol. The smallest absolute Gasteiger partial charge is 0.159 e. The number of oxime groups is 1. The zero-order valence-electron chi connectivity index (χ0n) is 13.5. The van der Waals surface area contributed by atoms with Crippen LogP contribution in [-0.2, 0) is 11.4 Å². The number of benzene rings is 1.